The lowest BCUT2D eigenvalue weighted by Crippen LogP contribution is -2.14. The van der Waals surface area contributed by atoms with Gasteiger partial charge >= 0.3 is 0 Å². The lowest BCUT2D eigenvalue weighted by Gasteiger charge is -2.25. The Morgan fingerprint density at radius 2 is 0.625 bits per heavy atom. The number of aromatic hydroxyl groups is 4. The first-order valence-corrected chi connectivity index (χ1v) is 14.0. The topological polar surface area (TPSA) is 80.9 Å². The molecule has 0 aromatic heterocycles. The van der Waals surface area contributed by atoms with E-state index in [1.165, 1.54) is 0 Å². The Hall–Kier alpha value is -3.92. The molecule has 0 amide bonds. The SMILES string of the molecule is CC(C)(C)c1cc2c(O)c(c1)Cc1cc(C(C)(C)C)cc(c1O)Cc1cccc(c1O)Cc1cccc(c1O)C2. The van der Waals surface area contributed by atoms with Gasteiger partial charge in [0.15, 0.2) is 0 Å². The molecule has 0 fully saturated rings. The van der Waals surface area contributed by atoms with Gasteiger partial charge in [-0.05, 0) is 66.5 Å². The van der Waals surface area contributed by atoms with E-state index in [1.807, 2.05) is 60.7 Å². The van der Waals surface area contributed by atoms with Crippen molar-refractivity contribution in [1.82, 2.24) is 0 Å². The minimum atomic E-state index is -0.164. The van der Waals surface area contributed by atoms with E-state index in [0.29, 0.717) is 47.9 Å². The highest BCUT2D eigenvalue weighted by molar-refractivity contribution is 5.57. The molecule has 0 saturated carbocycles. The zero-order chi connectivity index (χ0) is 29.0. The average Bonchev–Trinajstić information content (AvgIpc) is 2.86. The van der Waals surface area contributed by atoms with Crippen LogP contribution in [-0.4, -0.2) is 20.4 Å². The third-order valence-electron chi connectivity index (χ3n) is 8.20. The zero-order valence-corrected chi connectivity index (χ0v) is 24.4. The molecular formula is C36H40O4. The highest BCUT2D eigenvalue weighted by Gasteiger charge is 2.24. The number of rotatable bonds is 0. The van der Waals surface area contributed by atoms with Gasteiger partial charge in [0.05, 0.1) is 0 Å². The predicted octanol–water partition coefficient (Wildman–Crippen LogP) is 7.78. The Morgan fingerprint density at radius 3 is 0.900 bits per heavy atom. The molecule has 4 aromatic carbocycles. The van der Waals surface area contributed by atoms with Crippen LogP contribution in [0.5, 0.6) is 23.0 Å². The van der Waals surface area contributed by atoms with Crippen LogP contribution in [0.2, 0.25) is 0 Å². The van der Waals surface area contributed by atoms with Crippen LogP contribution in [0.4, 0.5) is 0 Å². The fourth-order valence-electron chi connectivity index (χ4n) is 5.61. The summed E-state index contributed by atoms with van der Waals surface area (Å²) in [5.74, 6) is 0.739. The van der Waals surface area contributed by atoms with E-state index in [4.69, 9.17) is 0 Å². The highest BCUT2D eigenvalue weighted by atomic mass is 16.3. The standard InChI is InChI=1S/C36H40O4/c1-35(2,3)29-17-25-14-23-11-7-9-21(31(23)37)13-22-10-8-12-24(32(22)38)15-26-18-30(36(4,5)6)20-28(34(26)40)16-27(19-29)33(25)39/h7-12,17-20,37-40H,13-16H2,1-6H3. The maximum atomic E-state index is 11.6. The molecule has 0 spiro atoms. The molecule has 4 heteroatoms. The number of benzene rings is 4. The van der Waals surface area contributed by atoms with Gasteiger partial charge in [0, 0.05) is 25.7 Å². The summed E-state index contributed by atoms with van der Waals surface area (Å²) in [6, 6.07) is 19.5. The molecule has 1 aliphatic rings. The summed E-state index contributed by atoms with van der Waals surface area (Å²) >= 11 is 0. The lowest BCUT2D eigenvalue weighted by molar-refractivity contribution is 0.449. The maximum Gasteiger partial charge on any atom is 0.122 e. The second-order valence-corrected chi connectivity index (χ2v) is 13.3. The van der Waals surface area contributed by atoms with Crippen LogP contribution < -0.4 is 0 Å². The molecule has 40 heavy (non-hydrogen) atoms. The fraction of sp³-hybridized carbons (Fsp3) is 0.333. The molecule has 208 valence electrons. The van der Waals surface area contributed by atoms with Gasteiger partial charge in [0.1, 0.15) is 23.0 Å². The largest absolute Gasteiger partial charge is 0.507 e. The van der Waals surface area contributed by atoms with Gasteiger partial charge in [-0.25, -0.2) is 0 Å². The smallest absolute Gasteiger partial charge is 0.122 e. The Morgan fingerprint density at radius 1 is 0.400 bits per heavy atom. The van der Waals surface area contributed by atoms with Gasteiger partial charge in [-0.2, -0.15) is 0 Å². The van der Waals surface area contributed by atoms with Crippen LogP contribution in [-0.2, 0) is 36.5 Å². The lowest BCUT2D eigenvalue weighted by atomic mass is 9.81. The summed E-state index contributed by atoms with van der Waals surface area (Å²) in [5, 5.41) is 45.7. The predicted molar refractivity (Wildman–Crippen MR) is 161 cm³/mol. The van der Waals surface area contributed by atoms with Crippen molar-refractivity contribution in [1.29, 1.82) is 0 Å². The van der Waals surface area contributed by atoms with Gasteiger partial charge in [-0.3, -0.25) is 0 Å². The monoisotopic (exact) mass is 536 g/mol. The van der Waals surface area contributed by atoms with Crippen molar-refractivity contribution in [3.05, 3.63) is 116 Å². The minimum Gasteiger partial charge on any atom is -0.507 e. The molecular weight excluding hydrogens is 496 g/mol. The second-order valence-electron chi connectivity index (χ2n) is 13.3. The Bertz CT molecular complexity index is 1480. The van der Waals surface area contributed by atoms with Gasteiger partial charge in [-0.15, -0.1) is 0 Å². The van der Waals surface area contributed by atoms with Crippen LogP contribution in [0.25, 0.3) is 0 Å². The fourth-order valence-corrected chi connectivity index (χ4v) is 5.61. The van der Waals surface area contributed by atoms with Crippen molar-refractivity contribution in [2.45, 2.75) is 78.1 Å². The summed E-state index contributed by atoms with van der Waals surface area (Å²) in [6.45, 7) is 12.9. The van der Waals surface area contributed by atoms with Crippen LogP contribution in [0.3, 0.4) is 0 Å². The Balaban J connectivity index is 1.80. The summed E-state index contributed by atoms with van der Waals surface area (Å²) in [4.78, 5) is 0. The van der Waals surface area contributed by atoms with Gasteiger partial charge < -0.3 is 20.4 Å². The van der Waals surface area contributed by atoms with Crippen LogP contribution in [0.15, 0.2) is 60.7 Å². The molecule has 0 aliphatic heterocycles. The van der Waals surface area contributed by atoms with E-state index in [2.05, 4.69) is 41.5 Å². The van der Waals surface area contributed by atoms with Crippen LogP contribution in [0, 0.1) is 0 Å². The second kappa shape index (κ2) is 9.92. The number of phenolic OH excluding ortho intramolecular Hbond substituents is 4. The minimum absolute atomic E-state index is 0.164. The van der Waals surface area contributed by atoms with Crippen molar-refractivity contribution in [3.63, 3.8) is 0 Å². The molecule has 0 unspecified atom stereocenters. The van der Waals surface area contributed by atoms with Crippen molar-refractivity contribution < 1.29 is 20.4 Å². The normalized spacial score (nSPS) is 13.8. The van der Waals surface area contributed by atoms with Crippen molar-refractivity contribution in [3.8, 4) is 23.0 Å². The molecule has 1 aliphatic carbocycles. The third kappa shape index (κ3) is 5.28. The van der Waals surface area contributed by atoms with Crippen LogP contribution in [0.1, 0.15) is 97.2 Å². The molecule has 5 rings (SSSR count). The number of hydrogen-bond donors (Lipinski definition) is 4. The molecule has 4 aromatic rings. The Kier molecular flexibility index (Phi) is 6.86. The molecule has 0 radical (unpaired) electrons. The number of phenols is 4. The Labute approximate surface area is 237 Å². The summed E-state index contributed by atoms with van der Waals surface area (Å²) in [6.07, 6.45) is 1.42. The zero-order valence-electron chi connectivity index (χ0n) is 24.4. The first-order chi connectivity index (χ1) is 18.7. The highest BCUT2D eigenvalue weighted by Crippen LogP contribution is 2.40. The summed E-state index contributed by atoms with van der Waals surface area (Å²) < 4.78 is 0. The molecule has 4 N–H and O–H groups in total. The molecule has 0 saturated heterocycles. The summed E-state index contributed by atoms with van der Waals surface area (Å²) in [5.41, 5.74) is 7.64. The van der Waals surface area contributed by atoms with E-state index >= 15 is 0 Å². The number of para-hydroxylation sites is 2. The van der Waals surface area contributed by atoms with Gasteiger partial charge in [-0.1, -0.05) is 102 Å². The first-order valence-electron chi connectivity index (χ1n) is 14.0. The van der Waals surface area contributed by atoms with Gasteiger partial charge in [0.2, 0.25) is 0 Å². The van der Waals surface area contributed by atoms with Crippen molar-refractivity contribution in [2.75, 3.05) is 0 Å². The summed E-state index contributed by atoms with van der Waals surface area (Å²) in [7, 11) is 0. The number of hydrogen-bond acceptors (Lipinski definition) is 4. The van der Waals surface area contributed by atoms with E-state index < -0.39 is 0 Å². The average molecular weight is 537 g/mol. The van der Waals surface area contributed by atoms with E-state index in [9.17, 15) is 20.4 Å². The first kappa shape index (κ1) is 27.6. The van der Waals surface area contributed by atoms with E-state index in [0.717, 1.165) is 33.4 Å². The van der Waals surface area contributed by atoms with Gasteiger partial charge in [0.25, 0.3) is 0 Å². The van der Waals surface area contributed by atoms with E-state index in [-0.39, 0.29) is 33.8 Å². The van der Waals surface area contributed by atoms with Crippen molar-refractivity contribution in [2.24, 2.45) is 0 Å². The molecule has 0 heterocycles. The maximum absolute atomic E-state index is 11.6. The van der Waals surface area contributed by atoms with Crippen LogP contribution >= 0.6 is 0 Å². The molecule has 4 nitrogen and oxygen atoms in total. The quantitative estimate of drug-likeness (QED) is 0.163. The third-order valence-corrected chi connectivity index (χ3v) is 8.20. The van der Waals surface area contributed by atoms with E-state index in [1.54, 1.807) is 0 Å². The molecule has 8 bridgehead atoms. The van der Waals surface area contributed by atoms with Crippen molar-refractivity contribution >= 4 is 0 Å². The number of fused-ring (bicyclic) bond motifs is 8. The molecule has 0 atom stereocenters.